The van der Waals surface area contributed by atoms with E-state index in [1.54, 1.807) is 42.1 Å². The van der Waals surface area contributed by atoms with Crippen molar-refractivity contribution in [3.63, 3.8) is 0 Å². The lowest BCUT2D eigenvalue weighted by Gasteiger charge is -2.30. The molecule has 0 aliphatic rings. The monoisotopic (exact) mass is 486 g/mol. The molecule has 2 aromatic heterocycles. The van der Waals surface area contributed by atoms with E-state index in [0.717, 1.165) is 5.56 Å². The van der Waals surface area contributed by atoms with Crippen molar-refractivity contribution in [1.29, 1.82) is 5.26 Å². The predicted molar refractivity (Wildman–Crippen MR) is 126 cm³/mol. The highest BCUT2D eigenvalue weighted by atomic mass is 31.2. The number of hydrogen-bond acceptors (Lipinski definition) is 8. The first kappa shape index (κ1) is 25.3. The van der Waals surface area contributed by atoms with Crippen LogP contribution in [0.2, 0.25) is 0 Å². The van der Waals surface area contributed by atoms with Gasteiger partial charge in [-0.2, -0.15) is 5.26 Å². The van der Waals surface area contributed by atoms with Crippen molar-refractivity contribution in [2.45, 2.75) is 45.5 Å². The Labute approximate surface area is 196 Å². The maximum absolute atomic E-state index is 13.7. The van der Waals surface area contributed by atoms with Crippen LogP contribution in [0.4, 0.5) is 5.82 Å². The lowest BCUT2D eigenvalue weighted by atomic mass is 10.1. The van der Waals surface area contributed by atoms with Gasteiger partial charge in [0.25, 0.3) is 0 Å². The van der Waals surface area contributed by atoms with Crippen LogP contribution in [-0.2, 0) is 27.2 Å². The molecular formula is C21H27N8O4P. The largest absolute Gasteiger partial charge is 0.480 e. The number of carboxylic acid groups (broad SMARTS) is 1. The molecule has 2 heterocycles. The molecule has 0 bridgehead atoms. The van der Waals surface area contributed by atoms with Crippen molar-refractivity contribution >= 4 is 30.4 Å². The number of ether oxygens (including phenoxy) is 1. The molecule has 0 saturated carbocycles. The number of carbonyl (C=O) groups is 1. The second-order valence-corrected chi connectivity index (χ2v) is 10.6. The zero-order chi connectivity index (χ0) is 24.9. The van der Waals surface area contributed by atoms with E-state index in [-0.39, 0.29) is 18.7 Å². The van der Waals surface area contributed by atoms with E-state index >= 15 is 0 Å². The molecule has 12 nitrogen and oxygen atoms in total. The lowest BCUT2D eigenvalue weighted by Crippen LogP contribution is -2.47. The molecule has 0 spiro atoms. The summed E-state index contributed by atoms with van der Waals surface area (Å²) in [7, 11) is -3.52. The van der Waals surface area contributed by atoms with E-state index in [2.05, 4.69) is 25.1 Å². The number of carboxylic acids is 1. The van der Waals surface area contributed by atoms with Crippen LogP contribution in [0.3, 0.4) is 0 Å². The van der Waals surface area contributed by atoms with Crippen molar-refractivity contribution in [1.82, 2.24) is 29.7 Å². The maximum atomic E-state index is 13.7. The third-order valence-electron chi connectivity index (χ3n) is 5.04. The summed E-state index contributed by atoms with van der Waals surface area (Å²) in [5.41, 5.74) is 6.68. The number of nitrogens with one attached hydrogen (secondary N) is 2. The minimum Gasteiger partial charge on any atom is -0.480 e. The second kappa shape index (κ2) is 10.3. The number of aromatic nitrogens is 4. The third-order valence-corrected chi connectivity index (χ3v) is 7.14. The predicted octanol–water partition coefficient (Wildman–Crippen LogP) is 2.08. The molecule has 0 amide bonds. The molecule has 5 N–H and O–H groups in total. The van der Waals surface area contributed by atoms with E-state index in [0.29, 0.717) is 23.3 Å². The summed E-state index contributed by atoms with van der Waals surface area (Å²) in [6.07, 6.45) is 2.25. The summed E-state index contributed by atoms with van der Waals surface area (Å²) in [6.45, 7) is 5.19. The quantitative estimate of drug-likeness (QED) is 0.291. The van der Waals surface area contributed by atoms with Crippen LogP contribution in [0.25, 0.3) is 11.2 Å². The standard InChI is InChI=1S/C21H27N8O4P/c1-14(10-29-12-26-17-18(23)24-11-25-19(17)29)33-13-34(32,28-21(2,3)20(30)31)27-9-16-6-4-15(8-22)5-7-16/h4-7,11-12,14H,9-10,13H2,1-3H3,(H,30,31)(H2,23,24,25)(H2,27,28,32). The van der Waals surface area contributed by atoms with Gasteiger partial charge in [-0.05, 0) is 38.5 Å². The van der Waals surface area contributed by atoms with E-state index in [1.165, 1.54) is 20.2 Å². The Hall–Kier alpha value is -3.36. The van der Waals surface area contributed by atoms with Gasteiger partial charge in [-0.1, -0.05) is 12.1 Å². The first-order valence-electron chi connectivity index (χ1n) is 10.4. The molecule has 0 aliphatic carbocycles. The number of rotatable bonds is 11. The Balaban J connectivity index is 1.70. The third kappa shape index (κ3) is 6.15. The fraction of sp³-hybridized carbons (Fsp3) is 0.381. The van der Waals surface area contributed by atoms with Gasteiger partial charge in [0.15, 0.2) is 11.5 Å². The summed E-state index contributed by atoms with van der Waals surface area (Å²) in [5, 5.41) is 24.1. The van der Waals surface area contributed by atoms with Gasteiger partial charge in [0.2, 0.25) is 7.44 Å². The summed E-state index contributed by atoms with van der Waals surface area (Å²) < 4.78 is 21.3. The van der Waals surface area contributed by atoms with Crippen molar-refractivity contribution in [3.05, 3.63) is 48.0 Å². The number of benzene rings is 1. The number of nitrogen functional groups attached to an aromatic ring is 1. The molecule has 3 rings (SSSR count). The highest BCUT2D eigenvalue weighted by Gasteiger charge is 2.36. The zero-order valence-corrected chi connectivity index (χ0v) is 20.0. The number of aliphatic carboxylic acids is 1. The molecule has 0 radical (unpaired) electrons. The highest BCUT2D eigenvalue weighted by Crippen LogP contribution is 2.39. The normalized spacial score (nSPS) is 14.4. The van der Waals surface area contributed by atoms with Crippen molar-refractivity contribution in [2.24, 2.45) is 0 Å². The number of anilines is 1. The van der Waals surface area contributed by atoms with Crippen LogP contribution in [0.1, 0.15) is 31.9 Å². The minimum absolute atomic E-state index is 0.186. The first-order chi connectivity index (χ1) is 16.0. The smallest absolute Gasteiger partial charge is 0.323 e. The van der Waals surface area contributed by atoms with Gasteiger partial charge in [-0.3, -0.25) is 9.36 Å². The molecule has 13 heteroatoms. The number of hydrogen-bond donors (Lipinski definition) is 4. The fourth-order valence-electron chi connectivity index (χ4n) is 3.13. The van der Waals surface area contributed by atoms with Crippen molar-refractivity contribution in [2.75, 3.05) is 12.1 Å². The average molecular weight is 486 g/mol. The Morgan fingerprint density at radius 1 is 1.32 bits per heavy atom. The number of imidazole rings is 1. The van der Waals surface area contributed by atoms with E-state index in [4.69, 9.17) is 15.7 Å². The zero-order valence-electron chi connectivity index (χ0n) is 19.1. The molecular weight excluding hydrogens is 459 g/mol. The summed E-state index contributed by atoms with van der Waals surface area (Å²) >= 11 is 0. The van der Waals surface area contributed by atoms with Gasteiger partial charge in [0.05, 0.1) is 30.6 Å². The number of nitrogens with zero attached hydrogens (tertiary/aromatic N) is 5. The van der Waals surface area contributed by atoms with Crippen LogP contribution in [0.15, 0.2) is 36.9 Å². The van der Waals surface area contributed by atoms with E-state index in [1.807, 2.05) is 6.07 Å². The number of fused-ring (bicyclic) bond motifs is 1. The van der Waals surface area contributed by atoms with Crippen LogP contribution >= 0.6 is 7.44 Å². The van der Waals surface area contributed by atoms with Gasteiger partial charge in [-0.25, -0.2) is 25.1 Å². The number of nitrogens with two attached hydrogens (primary N) is 1. The topological polar surface area (TPSA) is 181 Å². The Morgan fingerprint density at radius 2 is 2.03 bits per heavy atom. The second-order valence-electron chi connectivity index (χ2n) is 8.36. The fourth-order valence-corrected chi connectivity index (χ4v) is 5.26. The maximum Gasteiger partial charge on any atom is 0.323 e. The van der Waals surface area contributed by atoms with E-state index in [9.17, 15) is 14.5 Å². The Morgan fingerprint density at radius 3 is 2.68 bits per heavy atom. The van der Waals surface area contributed by atoms with Gasteiger partial charge in [-0.15, -0.1) is 0 Å². The molecule has 180 valence electrons. The van der Waals surface area contributed by atoms with Crippen LogP contribution in [0, 0.1) is 11.3 Å². The molecule has 2 unspecified atom stereocenters. The molecule has 0 fully saturated rings. The Kier molecular flexibility index (Phi) is 7.64. The van der Waals surface area contributed by atoms with Crippen LogP contribution in [-0.4, -0.2) is 48.6 Å². The number of nitriles is 1. The first-order valence-corrected chi connectivity index (χ1v) is 12.3. The molecule has 1 aromatic carbocycles. The Bertz CT molecular complexity index is 1250. The van der Waals surface area contributed by atoms with Crippen LogP contribution in [0.5, 0.6) is 0 Å². The molecule has 0 aliphatic heterocycles. The molecule has 3 aromatic rings. The van der Waals surface area contributed by atoms with Crippen LogP contribution < -0.4 is 15.9 Å². The van der Waals surface area contributed by atoms with Gasteiger partial charge >= 0.3 is 5.97 Å². The molecule has 0 saturated heterocycles. The van der Waals surface area contributed by atoms with E-state index < -0.39 is 25.1 Å². The van der Waals surface area contributed by atoms with Gasteiger partial charge < -0.3 is 20.1 Å². The van der Waals surface area contributed by atoms with Gasteiger partial charge in [0, 0.05) is 6.54 Å². The summed E-state index contributed by atoms with van der Waals surface area (Å²) in [5.74, 6) is -0.878. The molecule has 34 heavy (non-hydrogen) atoms. The average Bonchev–Trinajstić information content (AvgIpc) is 3.20. The minimum atomic E-state index is -3.52. The lowest BCUT2D eigenvalue weighted by molar-refractivity contribution is -0.142. The summed E-state index contributed by atoms with van der Waals surface area (Å²) in [4.78, 5) is 24.0. The van der Waals surface area contributed by atoms with Gasteiger partial charge in [0.1, 0.15) is 23.7 Å². The summed E-state index contributed by atoms with van der Waals surface area (Å²) in [6, 6.07) is 8.82. The van der Waals surface area contributed by atoms with Crippen molar-refractivity contribution in [3.8, 4) is 6.07 Å². The highest BCUT2D eigenvalue weighted by molar-refractivity contribution is 7.59. The molecule has 2 atom stereocenters. The van der Waals surface area contributed by atoms with Crippen molar-refractivity contribution < 1.29 is 19.2 Å². The SMILES string of the molecule is CC(Cn1cnc2c(N)ncnc21)OCP(=O)(NCc1ccc(C#N)cc1)NC(C)(C)C(=O)O.